The summed E-state index contributed by atoms with van der Waals surface area (Å²) in [4.78, 5) is 38.5. The van der Waals surface area contributed by atoms with Crippen molar-refractivity contribution in [1.29, 1.82) is 0 Å². The molecule has 8 nitrogen and oxygen atoms in total. The van der Waals surface area contributed by atoms with Crippen LogP contribution < -0.4 is 20.1 Å². The van der Waals surface area contributed by atoms with E-state index in [1.165, 1.54) is 12.7 Å². The van der Waals surface area contributed by atoms with Crippen LogP contribution in [0.5, 0.6) is 11.5 Å². The summed E-state index contributed by atoms with van der Waals surface area (Å²) in [5, 5.41) is 5.18. The first-order valence-corrected chi connectivity index (χ1v) is 11.9. The van der Waals surface area contributed by atoms with Gasteiger partial charge in [-0.3, -0.25) is 9.59 Å². The van der Waals surface area contributed by atoms with Gasteiger partial charge in [-0.25, -0.2) is 9.69 Å². The van der Waals surface area contributed by atoms with Gasteiger partial charge < -0.3 is 20.1 Å². The number of amides is 4. The summed E-state index contributed by atoms with van der Waals surface area (Å²) in [5.74, 6) is 0.00252. The van der Waals surface area contributed by atoms with Gasteiger partial charge in [0.25, 0.3) is 5.91 Å². The number of nitrogens with one attached hydrogen (secondary N) is 2. The Kier molecular flexibility index (Phi) is 7.70. The molecule has 0 spiro atoms. The third-order valence-corrected chi connectivity index (χ3v) is 6.05. The van der Waals surface area contributed by atoms with Crippen LogP contribution in [0.3, 0.4) is 0 Å². The number of halogens is 1. The minimum Gasteiger partial charge on any atom is -0.495 e. The van der Waals surface area contributed by atoms with Crippen molar-refractivity contribution in [3.63, 3.8) is 0 Å². The topological polar surface area (TPSA) is 97.0 Å². The second kappa shape index (κ2) is 11.1. The minimum atomic E-state index is -0.668. The van der Waals surface area contributed by atoms with E-state index in [0.717, 1.165) is 10.5 Å². The van der Waals surface area contributed by atoms with Crippen LogP contribution in [0.4, 0.5) is 10.5 Å². The molecule has 0 saturated carbocycles. The van der Waals surface area contributed by atoms with E-state index in [0.29, 0.717) is 33.8 Å². The third-order valence-electron chi connectivity index (χ3n) is 5.43. The number of aryl methyl sites for hydroxylation is 1. The van der Waals surface area contributed by atoms with Gasteiger partial charge in [0.05, 0.1) is 17.3 Å². The summed E-state index contributed by atoms with van der Waals surface area (Å²) in [6.07, 6.45) is 1.55. The zero-order chi connectivity index (χ0) is 25.7. The zero-order valence-electron chi connectivity index (χ0n) is 19.7. The lowest BCUT2D eigenvalue weighted by Crippen LogP contribution is -2.38. The van der Waals surface area contributed by atoms with E-state index in [1.807, 2.05) is 31.2 Å². The van der Waals surface area contributed by atoms with Gasteiger partial charge in [0, 0.05) is 0 Å². The highest BCUT2D eigenvalue weighted by atomic mass is 79.9. The highest BCUT2D eigenvalue weighted by molar-refractivity contribution is 9.10. The largest absolute Gasteiger partial charge is 0.495 e. The standard InChI is InChI=1S/C27H24BrN3O5/c1-17-7-9-18(10-8-17)16-36-23-12-11-19(13-20(23)28)14-22-26(33)31(27(34)30-22)15-25(32)29-21-5-3-4-6-24(21)35-2/h3-14H,15-16H2,1-2H3,(H,29,32)(H,30,34)/b22-14+. The average molecular weight is 550 g/mol. The normalized spacial score (nSPS) is 14.1. The lowest BCUT2D eigenvalue weighted by atomic mass is 10.1. The average Bonchev–Trinajstić information content (AvgIpc) is 3.12. The first kappa shape index (κ1) is 25.0. The molecule has 4 amide bonds. The van der Waals surface area contributed by atoms with Crippen LogP contribution in [0, 0.1) is 6.92 Å². The minimum absolute atomic E-state index is 0.0744. The van der Waals surface area contributed by atoms with E-state index in [-0.39, 0.29) is 5.70 Å². The Labute approximate surface area is 217 Å². The number of methoxy groups -OCH3 is 1. The van der Waals surface area contributed by atoms with Gasteiger partial charge in [-0.15, -0.1) is 0 Å². The van der Waals surface area contributed by atoms with E-state index in [9.17, 15) is 14.4 Å². The molecule has 36 heavy (non-hydrogen) atoms. The van der Waals surface area contributed by atoms with Gasteiger partial charge in [0.15, 0.2) is 0 Å². The number of hydrogen-bond acceptors (Lipinski definition) is 5. The number of imide groups is 1. The molecule has 1 saturated heterocycles. The summed E-state index contributed by atoms with van der Waals surface area (Å²) in [5.41, 5.74) is 3.43. The monoisotopic (exact) mass is 549 g/mol. The maximum Gasteiger partial charge on any atom is 0.329 e. The molecular weight excluding hydrogens is 526 g/mol. The van der Waals surface area contributed by atoms with Gasteiger partial charge >= 0.3 is 6.03 Å². The molecule has 3 aromatic carbocycles. The highest BCUT2D eigenvalue weighted by Crippen LogP contribution is 2.28. The van der Waals surface area contributed by atoms with Crippen molar-refractivity contribution in [2.45, 2.75) is 13.5 Å². The van der Waals surface area contributed by atoms with Crippen molar-refractivity contribution in [1.82, 2.24) is 10.2 Å². The number of benzene rings is 3. The quantitative estimate of drug-likeness (QED) is 0.308. The van der Waals surface area contributed by atoms with Crippen LogP contribution in [0.15, 0.2) is 76.9 Å². The van der Waals surface area contributed by atoms with Gasteiger partial charge in [0.2, 0.25) is 5.91 Å². The van der Waals surface area contributed by atoms with Gasteiger partial charge in [-0.1, -0.05) is 48.0 Å². The van der Waals surface area contributed by atoms with Gasteiger partial charge in [-0.2, -0.15) is 0 Å². The summed E-state index contributed by atoms with van der Waals surface area (Å²) < 4.78 is 11.8. The molecule has 4 rings (SSSR count). The van der Waals surface area contributed by atoms with Crippen LogP contribution in [-0.2, 0) is 16.2 Å². The zero-order valence-corrected chi connectivity index (χ0v) is 21.3. The van der Waals surface area contributed by atoms with Crippen molar-refractivity contribution in [2.75, 3.05) is 19.0 Å². The van der Waals surface area contributed by atoms with Gasteiger partial charge in [0.1, 0.15) is 30.3 Å². The first-order valence-electron chi connectivity index (χ1n) is 11.1. The molecule has 0 bridgehead atoms. The van der Waals surface area contributed by atoms with Gasteiger partial charge in [-0.05, 0) is 64.3 Å². The SMILES string of the molecule is COc1ccccc1NC(=O)CN1C(=O)N/C(=C/c2ccc(OCc3ccc(C)cc3)c(Br)c2)C1=O. The summed E-state index contributed by atoms with van der Waals surface area (Å²) in [6, 6.07) is 19.6. The van der Waals surface area contributed by atoms with Crippen LogP contribution in [0.25, 0.3) is 6.08 Å². The molecule has 2 N–H and O–H groups in total. The molecule has 184 valence electrons. The molecule has 0 aromatic heterocycles. The Balaban J connectivity index is 1.40. The fourth-order valence-corrected chi connectivity index (χ4v) is 4.04. The Morgan fingerprint density at radius 1 is 1.06 bits per heavy atom. The van der Waals surface area contributed by atoms with Crippen molar-refractivity contribution in [3.05, 3.63) is 93.6 Å². The third kappa shape index (κ3) is 5.92. The Bertz CT molecular complexity index is 1340. The van der Waals surface area contributed by atoms with E-state index in [2.05, 4.69) is 26.6 Å². The fraction of sp³-hybridized carbons (Fsp3) is 0.148. The molecule has 0 unspecified atom stereocenters. The second-order valence-corrected chi connectivity index (χ2v) is 8.95. The van der Waals surface area contributed by atoms with Crippen molar-refractivity contribution >= 4 is 45.5 Å². The number of carbonyl (C=O) groups is 3. The van der Waals surface area contributed by atoms with E-state index in [4.69, 9.17) is 9.47 Å². The van der Waals surface area contributed by atoms with E-state index in [1.54, 1.807) is 48.5 Å². The number of para-hydroxylation sites is 2. The molecule has 0 aliphatic carbocycles. The molecular formula is C27H24BrN3O5. The maximum absolute atomic E-state index is 12.8. The molecule has 0 radical (unpaired) electrons. The summed E-state index contributed by atoms with van der Waals surface area (Å²) in [7, 11) is 1.49. The summed E-state index contributed by atoms with van der Waals surface area (Å²) in [6.45, 7) is 2.01. The predicted molar refractivity (Wildman–Crippen MR) is 139 cm³/mol. The number of ether oxygens (including phenoxy) is 2. The van der Waals surface area contributed by atoms with Crippen LogP contribution in [0.2, 0.25) is 0 Å². The molecule has 1 heterocycles. The van der Waals surface area contributed by atoms with Crippen LogP contribution in [0.1, 0.15) is 16.7 Å². The number of nitrogens with zero attached hydrogens (tertiary/aromatic N) is 1. The Hall–Kier alpha value is -4.11. The number of hydrogen-bond donors (Lipinski definition) is 2. The molecule has 1 aliphatic heterocycles. The number of rotatable bonds is 8. The number of carbonyl (C=O) groups excluding carboxylic acids is 3. The summed E-state index contributed by atoms with van der Waals surface area (Å²) >= 11 is 3.50. The maximum atomic E-state index is 12.8. The molecule has 0 atom stereocenters. The lowest BCUT2D eigenvalue weighted by molar-refractivity contribution is -0.127. The van der Waals surface area contributed by atoms with E-state index >= 15 is 0 Å². The van der Waals surface area contributed by atoms with Crippen LogP contribution in [-0.4, -0.2) is 36.4 Å². The number of anilines is 1. The van der Waals surface area contributed by atoms with Crippen molar-refractivity contribution in [2.24, 2.45) is 0 Å². The number of urea groups is 1. The Morgan fingerprint density at radius 3 is 2.53 bits per heavy atom. The second-order valence-electron chi connectivity index (χ2n) is 8.09. The Morgan fingerprint density at radius 2 is 1.81 bits per heavy atom. The van der Waals surface area contributed by atoms with Crippen molar-refractivity contribution in [3.8, 4) is 11.5 Å². The molecule has 9 heteroatoms. The lowest BCUT2D eigenvalue weighted by Gasteiger charge is -2.13. The molecule has 3 aromatic rings. The van der Waals surface area contributed by atoms with E-state index < -0.39 is 24.4 Å². The fourth-order valence-electron chi connectivity index (χ4n) is 3.53. The highest BCUT2D eigenvalue weighted by Gasteiger charge is 2.35. The smallest absolute Gasteiger partial charge is 0.329 e. The van der Waals surface area contributed by atoms with Crippen LogP contribution >= 0.6 is 15.9 Å². The first-order chi connectivity index (χ1) is 17.3. The van der Waals surface area contributed by atoms with Crippen molar-refractivity contribution < 1.29 is 23.9 Å². The predicted octanol–water partition coefficient (Wildman–Crippen LogP) is 4.88. The molecule has 1 aliphatic rings. The molecule has 1 fully saturated rings.